The summed E-state index contributed by atoms with van der Waals surface area (Å²) in [6.07, 6.45) is 0. The van der Waals surface area contributed by atoms with Crippen molar-refractivity contribution in [3.63, 3.8) is 0 Å². The van der Waals surface area contributed by atoms with Gasteiger partial charge in [-0.1, -0.05) is 31.5 Å². The Hall–Kier alpha value is -0.880. The van der Waals surface area contributed by atoms with Crippen molar-refractivity contribution in [1.82, 2.24) is 9.97 Å². The summed E-state index contributed by atoms with van der Waals surface area (Å²) in [5, 5.41) is 0.398. The Balaban J connectivity index is 2.29. The Morgan fingerprint density at radius 2 is 2.00 bits per heavy atom. The molecule has 1 aromatic carbocycles. The average Bonchev–Trinajstić information content (AvgIpc) is 2.28. The zero-order valence-corrected chi connectivity index (χ0v) is 12.9. The van der Waals surface area contributed by atoms with Gasteiger partial charge in [0.05, 0.1) is 0 Å². The molecule has 0 aliphatic carbocycles. The topological polar surface area (TPSA) is 35.0 Å². The van der Waals surface area contributed by atoms with Gasteiger partial charge in [0.2, 0.25) is 5.88 Å². The van der Waals surface area contributed by atoms with Crippen LogP contribution in [0.15, 0.2) is 30.3 Å². The van der Waals surface area contributed by atoms with Crippen LogP contribution in [0.3, 0.4) is 0 Å². The highest BCUT2D eigenvalue weighted by Gasteiger charge is 2.08. The monoisotopic (exact) mass is 374 g/mol. The first-order chi connectivity index (χ1) is 8.54. The Morgan fingerprint density at radius 1 is 1.22 bits per heavy atom. The molecule has 94 valence electrons. The van der Waals surface area contributed by atoms with Crippen molar-refractivity contribution in [2.24, 2.45) is 0 Å². The number of rotatable bonds is 3. The number of halogens is 2. The van der Waals surface area contributed by atoms with Crippen LogP contribution in [0.5, 0.6) is 11.6 Å². The van der Waals surface area contributed by atoms with Crippen molar-refractivity contribution >= 4 is 34.2 Å². The smallest absolute Gasteiger partial charge is 0.224 e. The predicted molar refractivity (Wildman–Crippen MR) is 80.4 cm³/mol. The fourth-order valence-electron chi connectivity index (χ4n) is 1.38. The third-order valence-electron chi connectivity index (χ3n) is 2.22. The molecule has 18 heavy (non-hydrogen) atoms. The fourth-order valence-corrected chi connectivity index (χ4v) is 2.07. The summed E-state index contributed by atoms with van der Waals surface area (Å²) in [6, 6.07) is 9.37. The lowest BCUT2D eigenvalue weighted by Gasteiger charge is -2.08. The number of hydrogen-bond donors (Lipinski definition) is 0. The second-order valence-corrected chi connectivity index (χ2v) is 5.73. The summed E-state index contributed by atoms with van der Waals surface area (Å²) in [7, 11) is 0. The molecule has 5 heteroatoms. The van der Waals surface area contributed by atoms with Gasteiger partial charge in [0.15, 0.2) is 0 Å². The van der Waals surface area contributed by atoms with Gasteiger partial charge in [0.25, 0.3) is 0 Å². The van der Waals surface area contributed by atoms with E-state index in [9.17, 15) is 0 Å². The van der Waals surface area contributed by atoms with E-state index in [0.29, 0.717) is 16.9 Å². The van der Waals surface area contributed by atoms with Crippen LogP contribution in [0.1, 0.15) is 25.6 Å². The summed E-state index contributed by atoms with van der Waals surface area (Å²) in [5.41, 5.74) is 0. The van der Waals surface area contributed by atoms with Gasteiger partial charge in [-0.2, -0.15) is 4.98 Å². The van der Waals surface area contributed by atoms with Gasteiger partial charge in [-0.15, -0.1) is 0 Å². The third-order valence-corrected chi connectivity index (χ3v) is 3.09. The van der Waals surface area contributed by atoms with E-state index < -0.39 is 0 Å². The van der Waals surface area contributed by atoms with Crippen molar-refractivity contribution in [1.29, 1.82) is 0 Å². The molecule has 2 rings (SSSR count). The highest BCUT2D eigenvalue weighted by atomic mass is 127. The summed E-state index contributed by atoms with van der Waals surface area (Å²) in [6.45, 7) is 4.03. The Morgan fingerprint density at radius 3 is 2.67 bits per heavy atom. The van der Waals surface area contributed by atoms with Crippen LogP contribution in [0, 0.1) is 3.57 Å². The molecule has 1 aromatic heterocycles. The van der Waals surface area contributed by atoms with E-state index in [4.69, 9.17) is 16.3 Å². The van der Waals surface area contributed by atoms with Crippen LogP contribution in [-0.2, 0) is 0 Å². The molecule has 0 unspecified atom stereocenters. The minimum Gasteiger partial charge on any atom is -0.439 e. The first-order valence-electron chi connectivity index (χ1n) is 5.52. The van der Waals surface area contributed by atoms with Gasteiger partial charge in [-0.3, -0.25) is 0 Å². The number of nitrogens with zero attached hydrogens (tertiary/aromatic N) is 2. The minimum atomic E-state index is 0.210. The number of ether oxygens (including phenoxy) is 1. The van der Waals surface area contributed by atoms with Crippen LogP contribution in [0.2, 0.25) is 5.15 Å². The first-order valence-corrected chi connectivity index (χ1v) is 6.98. The molecular weight excluding hydrogens is 363 g/mol. The molecule has 0 spiro atoms. The molecule has 2 aromatic rings. The molecule has 0 N–H and O–H groups in total. The zero-order chi connectivity index (χ0) is 13.1. The molecule has 0 aliphatic heterocycles. The van der Waals surface area contributed by atoms with E-state index in [0.717, 1.165) is 9.32 Å². The Kier molecular flexibility index (Phi) is 4.40. The quantitative estimate of drug-likeness (QED) is 0.579. The molecule has 0 bridgehead atoms. The standard InChI is InChI=1S/C13H12ClIN2O/c1-8(2)13-16-11(14)7-12(17-13)18-10-5-3-4-9(15)6-10/h3-8H,1-2H3. The van der Waals surface area contributed by atoms with Gasteiger partial charge in [0.1, 0.15) is 16.7 Å². The van der Waals surface area contributed by atoms with E-state index >= 15 is 0 Å². The van der Waals surface area contributed by atoms with E-state index in [1.807, 2.05) is 38.1 Å². The van der Waals surface area contributed by atoms with Crippen molar-refractivity contribution < 1.29 is 4.74 Å². The molecule has 0 saturated carbocycles. The number of benzene rings is 1. The van der Waals surface area contributed by atoms with Gasteiger partial charge >= 0.3 is 0 Å². The normalized spacial score (nSPS) is 10.7. The minimum absolute atomic E-state index is 0.210. The van der Waals surface area contributed by atoms with Gasteiger partial charge in [-0.25, -0.2) is 4.98 Å². The van der Waals surface area contributed by atoms with Crippen molar-refractivity contribution in [3.8, 4) is 11.6 Å². The summed E-state index contributed by atoms with van der Waals surface area (Å²) < 4.78 is 6.80. The van der Waals surface area contributed by atoms with Crippen LogP contribution in [0.25, 0.3) is 0 Å². The highest BCUT2D eigenvalue weighted by Crippen LogP contribution is 2.24. The second kappa shape index (κ2) is 5.84. The van der Waals surface area contributed by atoms with Gasteiger partial charge < -0.3 is 4.74 Å². The van der Waals surface area contributed by atoms with Gasteiger partial charge in [-0.05, 0) is 40.8 Å². The summed E-state index contributed by atoms with van der Waals surface area (Å²) in [4.78, 5) is 8.50. The molecule has 0 aliphatic rings. The molecule has 0 saturated heterocycles. The molecule has 0 radical (unpaired) electrons. The van der Waals surface area contributed by atoms with Crippen molar-refractivity contribution in [2.45, 2.75) is 19.8 Å². The Labute approximate surface area is 125 Å². The summed E-state index contributed by atoms with van der Waals surface area (Å²) in [5.74, 6) is 2.11. The van der Waals surface area contributed by atoms with E-state index in [1.165, 1.54) is 0 Å². The largest absolute Gasteiger partial charge is 0.439 e. The molecular formula is C13H12ClIN2O. The second-order valence-electron chi connectivity index (χ2n) is 4.10. The lowest BCUT2D eigenvalue weighted by molar-refractivity contribution is 0.456. The van der Waals surface area contributed by atoms with Crippen LogP contribution in [-0.4, -0.2) is 9.97 Å². The summed E-state index contributed by atoms with van der Waals surface area (Å²) >= 11 is 8.19. The molecule has 3 nitrogen and oxygen atoms in total. The maximum Gasteiger partial charge on any atom is 0.224 e. The maximum absolute atomic E-state index is 5.96. The average molecular weight is 375 g/mol. The van der Waals surface area contributed by atoms with E-state index in [-0.39, 0.29) is 5.92 Å². The van der Waals surface area contributed by atoms with Crippen molar-refractivity contribution in [2.75, 3.05) is 0 Å². The molecule has 0 amide bonds. The third kappa shape index (κ3) is 3.55. The lowest BCUT2D eigenvalue weighted by Crippen LogP contribution is -1.99. The SMILES string of the molecule is CC(C)c1nc(Cl)cc(Oc2cccc(I)c2)n1. The highest BCUT2D eigenvalue weighted by molar-refractivity contribution is 14.1. The van der Waals surface area contributed by atoms with Crippen molar-refractivity contribution in [3.05, 3.63) is 44.9 Å². The predicted octanol–water partition coefficient (Wildman–Crippen LogP) is 4.65. The van der Waals surface area contributed by atoms with Crippen LogP contribution in [0.4, 0.5) is 0 Å². The van der Waals surface area contributed by atoms with Crippen LogP contribution < -0.4 is 4.74 Å². The van der Waals surface area contributed by atoms with E-state index in [2.05, 4.69) is 32.6 Å². The molecule has 1 heterocycles. The van der Waals surface area contributed by atoms with Crippen LogP contribution >= 0.6 is 34.2 Å². The van der Waals surface area contributed by atoms with E-state index in [1.54, 1.807) is 6.07 Å². The number of aromatic nitrogens is 2. The lowest BCUT2D eigenvalue weighted by atomic mass is 10.2. The number of hydrogen-bond acceptors (Lipinski definition) is 3. The fraction of sp³-hybridized carbons (Fsp3) is 0.231. The zero-order valence-electron chi connectivity index (χ0n) is 10.0. The first kappa shape index (κ1) is 13.5. The molecule has 0 fully saturated rings. The Bertz CT molecular complexity index is 560. The molecule has 0 atom stereocenters. The maximum atomic E-state index is 5.96. The van der Waals surface area contributed by atoms with Gasteiger partial charge in [0, 0.05) is 15.6 Å².